The monoisotopic (exact) mass is 311 g/mol. The molecular formula is C18H25N5. The first kappa shape index (κ1) is 15.9. The van der Waals surface area contributed by atoms with E-state index in [0.29, 0.717) is 12.0 Å². The Balaban J connectivity index is 1.50. The van der Waals surface area contributed by atoms with E-state index < -0.39 is 0 Å². The van der Waals surface area contributed by atoms with Gasteiger partial charge in [-0.2, -0.15) is 0 Å². The van der Waals surface area contributed by atoms with Crippen molar-refractivity contribution in [3.8, 4) is 0 Å². The van der Waals surface area contributed by atoms with E-state index in [4.69, 9.17) is 0 Å². The number of hydrogen-bond donors (Lipinski definition) is 1. The van der Waals surface area contributed by atoms with E-state index in [1.165, 1.54) is 18.5 Å². The van der Waals surface area contributed by atoms with Crippen molar-refractivity contribution in [1.82, 2.24) is 19.8 Å². The molecule has 0 aliphatic carbocycles. The van der Waals surface area contributed by atoms with E-state index in [1.54, 1.807) is 0 Å². The Bertz CT molecular complexity index is 599. The number of nitrogens with one attached hydrogen (secondary N) is 1. The summed E-state index contributed by atoms with van der Waals surface area (Å²) in [6.07, 6.45) is 5.09. The van der Waals surface area contributed by atoms with Gasteiger partial charge < -0.3 is 10.2 Å². The number of anilines is 1. The number of nitrogens with zero attached hydrogens (tertiary/aromatic N) is 4. The number of likely N-dealkylation sites (tertiary alicyclic amines) is 1. The highest BCUT2D eigenvalue weighted by molar-refractivity contribution is 5.27. The van der Waals surface area contributed by atoms with E-state index in [-0.39, 0.29) is 0 Å². The van der Waals surface area contributed by atoms with Crippen LogP contribution < -0.4 is 5.32 Å². The average molecular weight is 311 g/mol. The minimum absolute atomic E-state index is 0.635. The Morgan fingerprint density at radius 3 is 2.57 bits per heavy atom. The number of aromatic nitrogens is 2. The van der Waals surface area contributed by atoms with Crippen molar-refractivity contribution in [2.75, 3.05) is 32.5 Å². The Kier molecular flexibility index (Phi) is 5.20. The summed E-state index contributed by atoms with van der Waals surface area (Å²) in [5.74, 6) is 0.681. The van der Waals surface area contributed by atoms with Gasteiger partial charge >= 0.3 is 0 Å². The summed E-state index contributed by atoms with van der Waals surface area (Å²) >= 11 is 0. The molecule has 2 aromatic rings. The van der Waals surface area contributed by atoms with Crippen LogP contribution in [-0.2, 0) is 13.1 Å². The standard InChI is InChI=1S/C18H25N5/c1-22-9-8-17(14-22)23(2)13-16-11-20-18(21-12-16)19-10-15-6-4-3-5-7-15/h3-7,11-12,17H,8-10,13-14H2,1-2H3,(H,19,20,21). The number of rotatable bonds is 6. The SMILES string of the molecule is CN1CCC(N(C)Cc2cnc(NCc3ccccc3)nc2)C1. The molecule has 1 aromatic carbocycles. The van der Waals surface area contributed by atoms with E-state index in [0.717, 1.165) is 25.2 Å². The molecular weight excluding hydrogens is 286 g/mol. The number of hydrogen-bond acceptors (Lipinski definition) is 5. The first-order chi connectivity index (χ1) is 11.2. The van der Waals surface area contributed by atoms with Crippen molar-refractivity contribution >= 4 is 5.95 Å². The van der Waals surface area contributed by atoms with Crippen LogP contribution in [0.4, 0.5) is 5.95 Å². The predicted octanol–water partition coefficient (Wildman–Crippen LogP) is 2.22. The van der Waals surface area contributed by atoms with Gasteiger partial charge in [-0.05, 0) is 32.6 Å². The summed E-state index contributed by atoms with van der Waals surface area (Å²) in [6, 6.07) is 10.9. The van der Waals surface area contributed by atoms with Crippen LogP contribution in [0.5, 0.6) is 0 Å². The second kappa shape index (κ2) is 7.53. The maximum Gasteiger partial charge on any atom is 0.222 e. The van der Waals surface area contributed by atoms with E-state index in [2.05, 4.69) is 51.3 Å². The molecule has 0 spiro atoms. The second-order valence-corrected chi connectivity index (χ2v) is 6.37. The van der Waals surface area contributed by atoms with Crippen LogP contribution in [0, 0.1) is 0 Å². The Morgan fingerprint density at radius 1 is 1.17 bits per heavy atom. The zero-order valence-electron chi connectivity index (χ0n) is 13.9. The van der Waals surface area contributed by atoms with Gasteiger partial charge in [0.25, 0.3) is 0 Å². The van der Waals surface area contributed by atoms with Crippen LogP contribution in [0.2, 0.25) is 0 Å². The van der Waals surface area contributed by atoms with Gasteiger partial charge in [0, 0.05) is 43.6 Å². The molecule has 5 nitrogen and oxygen atoms in total. The quantitative estimate of drug-likeness (QED) is 0.886. The summed E-state index contributed by atoms with van der Waals surface area (Å²) in [7, 11) is 4.37. The van der Waals surface area contributed by atoms with E-state index in [1.807, 2.05) is 30.6 Å². The molecule has 2 heterocycles. The zero-order valence-corrected chi connectivity index (χ0v) is 13.9. The van der Waals surface area contributed by atoms with E-state index in [9.17, 15) is 0 Å². The Labute approximate surface area is 138 Å². The molecule has 23 heavy (non-hydrogen) atoms. The third kappa shape index (κ3) is 4.50. The van der Waals surface area contributed by atoms with Crippen LogP contribution in [0.25, 0.3) is 0 Å². The predicted molar refractivity (Wildman–Crippen MR) is 93.2 cm³/mol. The topological polar surface area (TPSA) is 44.3 Å². The van der Waals surface area contributed by atoms with Gasteiger partial charge in [-0.1, -0.05) is 30.3 Å². The van der Waals surface area contributed by atoms with Crippen LogP contribution in [0.1, 0.15) is 17.5 Å². The first-order valence-electron chi connectivity index (χ1n) is 8.18. The molecule has 0 amide bonds. The maximum atomic E-state index is 4.43. The zero-order chi connectivity index (χ0) is 16.1. The summed E-state index contributed by atoms with van der Waals surface area (Å²) in [5.41, 5.74) is 2.39. The largest absolute Gasteiger partial charge is 0.350 e. The molecule has 1 fully saturated rings. The van der Waals surface area contributed by atoms with Crippen molar-refractivity contribution in [3.05, 3.63) is 53.9 Å². The summed E-state index contributed by atoms with van der Waals surface area (Å²) in [6.45, 7) is 3.98. The van der Waals surface area contributed by atoms with E-state index >= 15 is 0 Å². The molecule has 1 saturated heterocycles. The van der Waals surface area contributed by atoms with Gasteiger partial charge in [0.15, 0.2) is 0 Å². The molecule has 0 radical (unpaired) electrons. The van der Waals surface area contributed by atoms with Crippen LogP contribution >= 0.6 is 0 Å². The summed E-state index contributed by atoms with van der Waals surface area (Å²) in [4.78, 5) is 13.6. The van der Waals surface area contributed by atoms with Gasteiger partial charge in [0.05, 0.1) is 0 Å². The minimum Gasteiger partial charge on any atom is -0.350 e. The van der Waals surface area contributed by atoms with Crippen LogP contribution in [0.15, 0.2) is 42.7 Å². The molecule has 0 bridgehead atoms. The average Bonchev–Trinajstić information content (AvgIpc) is 3.02. The Morgan fingerprint density at radius 2 is 1.91 bits per heavy atom. The minimum atomic E-state index is 0.635. The molecule has 5 heteroatoms. The highest BCUT2D eigenvalue weighted by atomic mass is 15.2. The third-order valence-corrected chi connectivity index (χ3v) is 4.42. The fraction of sp³-hybridized carbons (Fsp3) is 0.444. The fourth-order valence-corrected chi connectivity index (χ4v) is 2.99. The van der Waals surface area contributed by atoms with Gasteiger partial charge in [-0.25, -0.2) is 9.97 Å². The van der Waals surface area contributed by atoms with Gasteiger partial charge in [-0.15, -0.1) is 0 Å². The second-order valence-electron chi connectivity index (χ2n) is 6.37. The molecule has 3 rings (SSSR count). The number of likely N-dealkylation sites (N-methyl/N-ethyl adjacent to an activating group) is 2. The summed E-state index contributed by atoms with van der Waals surface area (Å²) in [5, 5.41) is 3.26. The van der Waals surface area contributed by atoms with Crippen LogP contribution in [-0.4, -0.2) is 53.0 Å². The van der Waals surface area contributed by atoms with Crippen molar-refractivity contribution in [2.45, 2.75) is 25.6 Å². The molecule has 1 N–H and O–H groups in total. The molecule has 122 valence electrons. The molecule has 0 saturated carbocycles. The van der Waals surface area contributed by atoms with Gasteiger partial charge in [0.1, 0.15) is 0 Å². The molecule has 1 aromatic heterocycles. The van der Waals surface area contributed by atoms with Gasteiger partial charge in [-0.3, -0.25) is 4.90 Å². The lowest BCUT2D eigenvalue weighted by molar-refractivity contribution is 0.233. The maximum absolute atomic E-state index is 4.43. The van der Waals surface area contributed by atoms with Gasteiger partial charge in [0.2, 0.25) is 5.95 Å². The highest BCUT2D eigenvalue weighted by Crippen LogP contribution is 2.15. The molecule has 1 aliphatic heterocycles. The van der Waals surface area contributed by atoms with Crippen molar-refractivity contribution in [2.24, 2.45) is 0 Å². The smallest absolute Gasteiger partial charge is 0.222 e. The molecule has 1 atom stereocenters. The lowest BCUT2D eigenvalue weighted by atomic mass is 10.2. The Hall–Kier alpha value is -1.98. The van der Waals surface area contributed by atoms with Crippen molar-refractivity contribution < 1.29 is 0 Å². The summed E-state index contributed by atoms with van der Waals surface area (Å²) < 4.78 is 0. The number of benzene rings is 1. The van der Waals surface area contributed by atoms with Crippen molar-refractivity contribution in [3.63, 3.8) is 0 Å². The highest BCUT2D eigenvalue weighted by Gasteiger charge is 2.23. The normalized spacial score (nSPS) is 18.5. The van der Waals surface area contributed by atoms with Crippen LogP contribution in [0.3, 0.4) is 0 Å². The lowest BCUT2D eigenvalue weighted by Crippen LogP contribution is -2.33. The third-order valence-electron chi connectivity index (χ3n) is 4.42. The fourth-order valence-electron chi connectivity index (χ4n) is 2.99. The molecule has 1 aliphatic rings. The lowest BCUT2D eigenvalue weighted by Gasteiger charge is -2.23. The first-order valence-corrected chi connectivity index (χ1v) is 8.18. The van der Waals surface area contributed by atoms with Crippen molar-refractivity contribution in [1.29, 1.82) is 0 Å². The molecule has 1 unspecified atom stereocenters.